The Kier molecular flexibility index (Phi) is 2.95. The van der Waals surface area contributed by atoms with Crippen LogP contribution in [0.15, 0.2) is 33.1 Å². The number of hydrogen-bond donors (Lipinski definition) is 1. The summed E-state index contributed by atoms with van der Waals surface area (Å²) in [7, 11) is 0. The predicted octanol–water partition coefficient (Wildman–Crippen LogP) is 3.55. The van der Waals surface area contributed by atoms with E-state index in [0.29, 0.717) is 16.9 Å². The number of nitriles is 1. The molecule has 0 amide bonds. The van der Waals surface area contributed by atoms with Crippen LogP contribution in [0.5, 0.6) is 0 Å². The number of nitrogens with one attached hydrogen (secondary N) is 1. The highest BCUT2D eigenvalue weighted by molar-refractivity contribution is 5.99. The van der Waals surface area contributed by atoms with Crippen molar-refractivity contribution in [3.8, 4) is 6.07 Å². The number of furan rings is 1. The number of aryl methyl sites for hydroxylation is 1. The fourth-order valence-corrected chi connectivity index (χ4v) is 2.19. The van der Waals surface area contributed by atoms with Crippen molar-refractivity contribution in [3.05, 3.63) is 41.2 Å². The van der Waals surface area contributed by atoms with E-state index >= 15 is 0 Å². The number of Topliss-reactive ketones (excluding diaryl/α,β-unsaturated/α-hetero) is 1. The number of rotatable bonds is 3. The summed E-state index contributed by atoms with van der Waals surface area (Å²) in [4.78, 5) is 15.8. The molecule has 0 fully saturated rings. The molecule has 0 radical (unpaired) electrons. The van der Waals surface area contributed by atoms with Crippen LogP contribution < -0.4 is 5.32 Å². The van der Waals surface area contributed by atoms with Crippen LogP contribution in [0, 0.1) is 18.3 Å². The predicted molar refractivity (Wildman–Crippen MR) is 75.5 cm³/mol. The highest BCUT2D eigenvalue weighted by Gasteiger charge is 2.22. The van der Waals surface area contributed by atoms with Gasteiger partial charge < -0.3 is 8.83 Å². The second kappa shape index (κ2) is 4.80. The van der Waals surface area contributed by atoms with Gasteiger partial charge in [0.15, 0.2) is 11.4 Å². The molecule has 21 heavy (non-hydrogen) atoms. The third kappa shape index (κ3) is 2.15. The molecule has 6 heteroatoms. The Morgan fingerprint density at radius 1 is 1.33 bits per heavy atom. The fourth-order valence-electron chi connectivity index (χ4n) is 2.19. The first kappa shape index (κ1) is 12.9. The number of carbonyl (C=O) groups excluding carboxylic acids is 1. The largest absolute Gasteiger partial charge is 0.443 e. The lowest BCUT2D eigenvalue weighted by Gasteiger charge is -1.96. The molecule has 0 aliphatic carbocycles. The van der Waals surface area contributed by atoms with Gasteiger partial charge in [0.1, 0.15) is 22.9 Å². The Morgan fingerprint density at radius 2 is 2.10 bits per heavy atom. The number of ketones is 1. The summed E-state index contributed by atoms with van der Waals surface area (Å²) >= 11 is 0. The van der Waals surface area contributed by atoms with Crippen molar-refractivity contribution in [2.24, 2.45) is 0 Å². The Balaban J connectivity index is 2.04. The lowest BCUT2D eigenvalue weighted by atomic mass is 10.1. The quantitative estimate of drug-likeness (QED) is 0.738. The molecule has 0 aliphatic heterocycles. The number of aromatic nitrogens is 1. The van der Waals surface area contributed by atoms with Gasteiger partial charge in [-0.2, -0.15) is 10.2 Å². The molecule has 0 saturated carbocycles. The summed E-state index contributed by atoms with van der Waals surface area (Å²) in [6, 6.07) is 9.46. The summed E-state index contributed by atoms with van der Waals surface area (Å²) in [6.07, 6.45) is 0. The highest BCUT2D eigenvalue weighted by atomic mass is 16.4. The van der Waals surface area contributed by atoms with Gasteiger partial charge >= 0.3 is 6.01 Å². The molecule has 0 atom stereocenters. The molecule has 0 saturated heterocycles. The third-order valence-electron chi connectivity index (χ3n) is 3.06. The molecule has 0 aliphatic rings. The number of para-hydroxylation sites is 2. The monoisotopic (exact) mass is 281 g/mol. The molecule has 6 nitrogen and oxygen atoms in total. The summed E-state index contributed by atoms with van der Waals surface area (Å²) in [5.41, 5.74) is 1.74. The van der Waals surface area contributed by atoms with Crippen molar-refractivity contribution in [2.75, 3.05) is 5.32 Å². The van der Waals surface area contributed by atoms with Crippen molar-refractivity contribution in [2.45, 2.75) is 13.8 Å². The highest BCUT2D eigenvalue weighted by Crippen LogP contribution is 2.30. The van der Waals surface area contributed by atoms with Crippen molar-refractivity contribution >= 4 is 28.8 Å². The van der Waals surface area contributed by atoms with Crippen molar-refractivity contribution in [1.29, 1.82) is 5.26 Å². The smallest absolute Gasteiger partial charge is 0.302 e. The molecular formula is C15H11N3O3. The van der Waals surface area contributed by atoms with Crippen LogP contribution in [-0.2, 0) is 0 Å². The normalized spacial score (nSPS) is 10.5. The molecule has 0 bridgehead atoms. The van der Waals surface area contributed by atoms with Gasteiger partial charge in [0.25, 0.3) is 0 Å². The van der Waals surface area contributed by atoms with Crippen molar-refractivity contribution in [3.63, 3.8) is 0 Å². The van der Waals surface area contributed by atoms with Crippen LogP contribution >= 0.6 is 0 Å². The second-order valence-electron chi connectivity index (χ2n) is 4.52. The van der Waals surface area contributed by atoms with E-state index in [1.54, 1.807) is 13.0 Å². The zero-order chi connectivity index (χ0) is 15.0. The first-order chi connectivity index (χ1) is 10.1. The van der Waals surface area contributed by atoms with Crippen LogP contribution in [0.25, 0.3) is 11.1 Å². The van der Waals surface area contributed by atoms with E-state index in [2.05, 4.69) is 10.3 Å². The Bertz CT molecular complexity index is 850. The van der Waals surface area contributed by atoms with Crippen molar-refractivity contribution in [1.82, 2.24) is 4.98 Å². The Labute approximate surface area is 120 Å². The van der Waals surface area contributed by atoms with Crippen LogP contribution in [0.3, 0.4) is 0 Å². The number of hydrogen-bond acceptors (Lipinski definition) is 6. The van der Waals surface area contributed by atoms with Gasteiger partial charge in [-0.15, -0.1) is 0 Å². The van der Waals surface area contributed by atoms with Gasteiger partial charge in [-0.05, 0) is 26.0 Å². The van der Waals surface area contributed by atoms with E-state index < -0.39 is 0 Å². The number of carbonyl (C=O) groups is 1. The summed E-state index contributed by atoms with van der Waals surface area (Å²) in [5.74, 6) is 0.322. The molecule has 0 unspecified atom stereocenters. The minimum atomic E-state index is -0.224. The number of fused-ring (bicyclic) bond motifs is 1. The molecule has 104 valence electrons. The van der Waals surface area contributed by atoms with Crippen LogP contribution in [0.4, 0.5) is 11.9 Å². The number of anilines is 2. The number of benzene rings is 1. The minimum Gasteiger partial charge on any atom is -0.443 e. The molecule has 3 rings (SSSR count). The second-order valence-corrected chi connectivity index (χ2v) is 4.52. The fraction of sp³-hybridized carbons (Fsp3) is 0.133. The average Bonchev–Trinajstić information content (AvgIpc) is 2.98. The summed E-state index contributed by atoms with van der Waals surface area (Å²) in [5, 5.41) is 12.0. The molecule has 1 N–H and O–H groups in total. The lowest BCUT2D eigenvalue weighted by Crippen LogP contribution is -1.97. The lowest BCUT2D eigenvalue weighted by molar-refractivity contribution is 0.101. The minimum absolute atomic E-state index is 0.155. The van der Waals surface area contributed by atoms with Gasteiger partial charge in [0.05, 0.1) is 5.56 Å². The standard InChI is InChI=1S/C15H11N3O3/c1-8(19)13-9(2)20-14(10(13)7-16)18-15-17-11-5-3-4-6-12(11)21-15/h3-6H,1-2H3,(H,17,18). The van der Waals surface area contributed by atoms with Gasteiger partial charge in [-0.1, -0.05) is 12.1 Å². The molecule has 3 aromatic rings. The molecule has 2 aromatic heterocycles. The number of oxazole rings is 1. The van der Waals surface area contributed by atoms with Crippen LogP contribution in [0.1, 0.15) is 28.6 Å². The topological polar surface area (TPSA) is 92.1 Å². The molecule has 1 aromatic carbocycles. The van der Waals surface area contributed by atoms with E-state index in [1.165, 1.54) is 6.92 Å². The van der Waals surface area contributed by atoms with E-state index in [1.807, 2.05) is 24.3 Å². The third-order valence-corrected chi connectivity index (χ3v) is 3.06. The van der Waals surface area contributed by atoms with Gasteiger partial charge in [0.2, 0.25) is 5.88 Å². The van der Waals surface area contributed by atoms with E-state index in [4.69, 9.17) is 8.83 Å². The average molecular weight is 281 g/mol. The molecule has 0 spiro atoms. The zero-order valence-corrected chi connectivity index (χ0v) is 11.4. The maximum atomic E-state index is 11.6. The first-order valence-corrected chi connectivity index (χ1v) is 6.27. The molecule has 2 heterocycles. The van der Waals surface area contributed by atoms with Crippen LogP contribution in [-0.4, -0.2) is 10.8 Å². The van der Waals surface area contributed by atoms with E-state index in [0.717, 1.165) is 0 Å². The van der Waals surface area contributed by atoms with Crippen molar-refractivity contribution < 1.29 is 13.6 Å². The Morgan fingerprint density at radius 3 is 2.76 bits per heavy atom. The van der Waals surface area contributed by atoms with Gasteiger partial charge in [-0.3, -0.25) is 10.1 Å². The first-order valence-electron chi connectivity index (χ1n) is 6.27. The van der Waals surface area contributed by atoms with Crippen LogP contribution in [0.2, 0.25) is 0 Å². The van der Waals surface area contributed by atoms with E-state index in [-0.39, 0.29) is 28.8 Å². The summed E-state index contributed by atoms with van der Waals surface area (Å²) in [6.45, 7) is 3.02. The zero-order valence-electron chi connectivity index (χ0n) is 11.4. The maximum absolute atomic E-state index is 11.6. The van der Waals surface area contributed by atoms with E-state index in [9.17, 15) is 10.1 Å². The maximum Gasteiger partial charge on any atom is 0.302 e. The van der Waals surface area contributed by atoms with Gasteiger partial charge in [-0.25, -0.2) is 0 Å². The Hall–Kier alpha value is -3.07. The summed E-state index contributed by atoms with van der Waals surface area (Å²) < 4.78 is 10.9. The SMILES string of the molecule is CC(=O)c1c(C)oc(Nc2nc3ccccc3o2)c1C#N. The molecular weight excluding hydrogens is 270 g/mol. The van der Waals surface area contributed by atoms with Gasteiger partial charge in [0, 0.05) is 0 Å². The number of nitrogens with zero attached hydrogens (tertiary/aromatic N) is 2.